The Hall–Kier alpha value is -6.18. The van der Waals surface area contributed by atoms with Crippen LogP contribution in [0.3, 0.4) is 0 Å². The summed E-state index contributed by atoms with van der Waals surface area (Å²) in [5.41, 5.74) is 6.15. The molecule has 0 saturated heterocycles. The first-order valence-corrected chi connectivity index (χ1v) is 15.5. The van der Waals surface area contributed by atoms with Crippen molar-refractivity contribution in [2.45, 2.75) is 0 Å². The van der Waals surface area contributed by atoms with Crippen LogP contribution in [0.5, 0.6) is 0 Å². The Kier molecular flexibility index (Phi) is 4.05. The minimum Gasteiger partial charge on any atom is -0.456 e. The van der Waals surface area contributed by atoms with Crippen molar-refractivity contribution in [3.8, 4) is 33.4 Å². The lowest BCUT2D eigenvalue weighted by Crippen LogP contribution is -1.92. The van der Waals surface area contributed by atoms with E-state index in [0.29, 0.717) is 16.3 Å². The molecule has 0 aliphatic heterocycles. The van der Waals surface area contributed by atoms with E-state index in [-0.39, 0.29) is 39.2 Å². The molecule has 0 N–H and O–H groups in total. The van der Waals surface area contributed by atoms with E-state index in [1.807, 2.05) is 84.9 Å². The molecule has 0 fully saturated rings. The lowest BCUT2D eigenvalue weighted by atomic mass is 9.83. The summed E-state index contributed by atoms with van der Waals surface area (Å²) < 4.78 is 86.8. The summed E-state index contributed by atoms with van der Waals surface area (Å²) in [5.74, 6) is 0. The molecule has 1 heteroatoms. The molecular formula is C46H28O. The molecule has 1 aromatic heterocycles. The van der Waals surface area contributed by atoms with Gasteiger partial charge in [-0.3, -0.25) is 0 Å². The third-order valence-electron chi connectivity index (χ3n) is 9.18. The molecular weight excluding hydrogens is 569 g/mol. The molecule has 10 rings (SSSR count). The molecule has 0 amide bonds. The van der Waals surface area contributed by atoms with E-state index in [1.165, 1.54) is 0 Å². The first-order valence-electron chi connectivity index (χ1n) is 20.0. The van der Waals surface area contributed by atoms with E-state index in [2.05, 4.69) is 30.3 Å². The van der Waals surface area contributed by atoms with Gasteiger partial charge < -0.3 is 4.42 Å². The fourth-order valence-corrected chi connectivity index (χ4v) is 7.19. The first-order chi connectivity index (χ1) is 27.1. The van der Waals surface area contributed by atoms with Crippen LogP contribution < -0.4 is 0 Å². The summed E-state index contributed by atoms with van der Waals surface area (Å²) in [5, 5.41) is 4.71. The fraction of sp³-hybridized carbons (Fsp3) is 0. The van der Waals surface area contributed by atoms with Crippen LogP contribution in [0.15, 0.2) is 174 Å². The molecule has 0 aliphatic carbocycles. The molecule has 0 unspecified atom stereocenters. The number of benzene rings is 9. The SMILES string of the molecule is [2H]c1c([2H])c([2H])c2c(c1[2H])c([2H])c(-c1c3ccccc3c(-c3cccc4oc5ccc(-c6ccccc6)cc5c34)c3ccccc13)c1c([2H])c([2H])c([2H])c([2H])c12. The van der Waals surface area contributed by atoms with Crippen molar-refractivity contribution in [1.82, 2.24) is 0 Å². The van der Waals surface area contributed by atoms with E-state index in [4.69, 9.17) is 14.0 Å². The Bertz CT molecular complexity index is 3300. The predicted octanol–water partition coefficient (Wildman–Crippen LogP) is 13.2. The van der Waals surface area contributed by atoms with Crippen LogP contribution in [0.1, 0.15) is 12.3 Å². The van der Waals surface area contributed by atoms with Gasteiger partial charge in [0.05, 0.1) is 12.3 Å². The maximum Gasteiger partial charge on any atom is 0.136 e. The van der Waals surface area contributed by atoms with Crippen molar-refractivity contribution in [2.24, 2.45) is 0 Å². The highest BCUT2D eigenvalue weighted by molar-refractivity contribution is 6.28. The molecule has 0 aliphatic rings. The average Bonchev–Trinajstić information content (AvgIpc) is 3.61. The van der Waals surface area contributed by atoms with Crippen molar-refractivity contribution >= 4 is 65.0 Å². The molecule has 0 radical (unpaired) electrons. The Morgan fingerprint density at radius 3 is 1.74 bits per heavy atom. The second-order valence-electron chi connectivity index (χ2n) is 11.7. The largest absolute Gasteiger partial charge is 0.456 e. The van der Waals surface area contributed by atoms with Crippen LogP contribution in [-0.4, -0.2) is 0 Å². The summed E-state index contributed by atoms with van der Waals surface area (Å²) in [4.78, 5) is 0. The molecule has 0 saturated carbocycles. The van der Waals surface area contributed by atoms with Gasteiger partial charge in [-0.2, -0.15) is 0 Å². The van der Waals surface area contributed by atoms with Gasteiger partial charge >= 0.3 is 0 Å². The zero-order valence-electron chi connectivity index (χ0n) is 33.9. The van der Waals surface area contributed by atoms with Crippen LogP contribution in [0.25, 0.3) is 98.4 Å². The smallest absolute Gasteiger partial charge is 0.136 e. The maximum atomic E-state index is 9.78. The Balaban J connectivity index is 1.40. The van der Waals surface area contributed by atoms with Crippen LogP contribution in [0.4, 0.5) is 0 Å². The fourth-order valence-electron chi connectivity index (χ4n) is 7.19. The molecule has 1 nitrogen and oxygen atoms in total. The summed E-state index contributed by atoms with van der Waals surface area (Å²) in [7, 11) is 0. The zero-order valence-corrected chi connectivity index (χ0v) is 24.9. The molecule has 1 heterocycles. The van der Waals surface area contributed by atoms with Gasteiger partial charge in [0.1, 0.15) is 11.2 Å². The van der Waals surface area contributed by atoms with E-state index in [0.717, 1.165) is 55.0 Å². The Labute approximate surface area is 284 Å². The molecule has 10 aromatic rings. The lowest BCUT2D eigenvalue weighted by Gasteiger charge is -2.20. The van der Waals surface area contributed by atoms with Crippen molar-refractivity contribution in [2.75, 3.05) is 0 Å². The van der Waals surface area contributed by atoms with Crippen LogP contribution in [-0.2, 0) is 0 Å². The van der Waals surface area contributed by atoms with Gasteiger partial charge in [-0.25, -0.2) is 0 Å². The molecule has 218 valence electrons. The van der Waals surface area contributed by atoms with Gasteiger partial charge in [0, 0.05) is 10.8 Å². The third-order valence-corrected chi connectivity index (χ3v) is 9.18. The topological polar surface area (TPSA) is 13.1 Å². The monoisotopic (exact) mass is 605 g/mol. The van der Waals surface area contributed by atoms with Crippen LogP contribution in [0.2, 0.25) is 0 Å². The van der Waals surface area contributed by atoms with Gasteiger partial charge in [-0.1, -0.05) is 145 Å². The molecule has 0 bridgehead atoms. The Morgan fingerprint density at radius 2 is 1.02 bits per heavy atom. The van der Waals surface area contributed by atoms with E-state index < -0.39 is 42.3 Å². The summed E-state index contributed by atoms with van der Waals surface area (Å²) in [6.45, 7) is 0. The van der Waals surface area contributed by atoms with E-state index in [9.17, 15) is 2.74 Å². The summed E-state index contributed by atoms with van der Waals surface area (Å²) in [6.07, 6.45) is 0. The number of furan rings is 1. The third kappa shape index (κ3) is 3.90. The van der Waals surface area contributed by atoms with Crippen molar-refractivity contribution in [3.63, 3.8) is 0 Å². The summed E-state index contributed by atoms with van der Waals surface area (Å²) >= 11 is 0. The predicted molar refractivity (Wildman–Crippen MR) is 200 cm³/mol. The molecule has 47 heavy (non-hydrogen) atoms. The second-order valence-corrected chi connectivity index (χ2v) is 11.7. The number of rotatable bonds is 3. The molecule has 9 aromatic carbocycles. The average molecular weight is 606 g/mol. The van der Waals surface area contributed by atoms with Gasteiger partial charge in [0.25, 0.3) is 0 Å². The normalized spacial score (nSPS) is 14.5. The van der Waals surface area contributed by atoms with Gasteiger partial charge in [0.15, 0.2) is 0 Å². The minimum atomic E-state index is -0.541. The standard InChI is InChI=1S/C46H28O/c1-2-13-29(14-3-1)30-25-26-42-41(27-30)46-39(23-12-24-43(46)47-42)44-35-19-8-10-21-37(35)45(38-22-11-9-20-36(38)44)40-28-31-15-4-5-16-32(31)33-17-6-7-18-34(33)40/h1-28H/i4D,5D,6D,7D,15D,16D,17D,18D,28D. The lowest BCUT2D eigenvalue weighted by molar-refractivity contribution is 0.669. The van der Waals surface area contributed by atoms with E-state index >= 15 is 0 Å². The highest BCUT2D eigenvalue weighted by Gasteiger charge is 2.21. The quantitative estimate of drug-likeness (QED) is 0.144. The Morgan fingerprint density at radius 1 is 0.404 bits per heavy atom. The van der Waals surface area contributed by atoms with Crippen molar-refractivity contribution in [3.05, 3.63) is 170 Å². The molecule has 0 atom stereocenters. The number of hydrogen-bond donors (Lipinski definition) is 0. The van der Waals surface area contributed by atoms with Crippen molar-refractivity contribution < 1.29 is 16.8 Å². The first kappa shape index (κ1) is 18.7. The number of fused-ring (bicyclic) bond motifs is 8. The highest BCUT2D eigenvalue weighted by Crippen LogP contribution is 2.48. The maximum absolute atomic E-state index is 9.78. The second kappa shape index (κ2) is 10.2. The van der Waals surface area contributed by atoms with Gasteiger partial charge in [-0.05, 0) is 101 Å². The minimum absolute atomic E-state index is 0.0259. The summed E-state index contributed by atoms with van der Waals surface area (Å²) in [6, 6.07) is 33.9. The molecule has 0 spiro atoms. The number of hydrogen-bond acceptors (Lipinski definition) is 1. The van der Waals surface area contributed by atoms with Crippen LogP contribution >= 0.6 is 0 Å². The van der Waals surface area contributed by atoms with Crippen LogP contribution in [0, 0.1) is 0 Å². The van der Waals surface area contributed by atoms with Gasteiger partial charge in [-0.15, -0.1) is 0 Å². The van der Waals surface area contributed by atoms with Gasteiger partial charge in [0.2, 0.25) is 0 Å². The van der Waals surface area contributed by atoms with E-state index in [1.54, 1.807) is 0 Å². The zero-order chi connectivity index (χ0) is 38.7. The van der Waals surface area contributed by atoms with Crippen molar-refractivity contribution in [1.29, 1.82) is 0 Å². The highest BCUT2D eigenvalue weighted by atomic mass is 16.3.